The Morgan fingerprint density at radius 2 is 1.88 bits per heavy atom. The zero-order valence-electron chi connectivity index (χ0n) is 18.1. The van der Waals surface area contributed by atoms with Crippen LogP contribution in [0.15, 0.2) is 53.3 Å². The van der Waals surface area contributed by atoms with E-state index in [1.165, 1.54) is 28.8 Å². The highest BCUT2D eigenvalue weighted by atomic mass is 19.1. The molecule has 0 bridgehead atoms. The number of hydrogen-bond acceptors (Lipinski definition) is 6. The van der Waals surface area contributed by atoms with Crippen LogP contribution in [-0.2, 0) is 17.8 Å². The van der Waals surface area contributed by atoms with Gasteiger partial charge in [0.15, 0.2) is 11.5 Å². The zero-order valence-corrected chi connectivity index (χ0v) is 18.1. The van der Waals surface area contributed by atoms with E-state index < -0.39 is 5.82 Å². The van der Waals surface area contributed by atoms with E-state index in [9.17, 15) is 14.0 Å². The number of nitrogens with one attached hydrogen (secondary N) is 2. The summed E-state index contributed by atoms with van der Waals surface area (Å²) in [6, 6.07) is 12.7. The second kappa shape index (κ2) is 10.4. The van der Waals surface area contributed by atoms with Gasteiger partial charge in [0.05, 0.1) is 14.2 Å². The molecule has 1 heterocycles. The molecule has 0 aliphatic carbocycles. The lowest BCUT2D eigenvalue weighted by Crippen LogP contribution is -2.34. The molecule has 0 unspecified atom stereocenters. The van der Waals surface area contributed by atoms with Crippen molar-refractivity contribution >= 4 is 17.5 Å². The van der Waals surface area contributed by atoms with Crippen molar-refractivity contribution in [2.24, 2.45) is 0 Å². The van der Waals surface area contributed by atoms with Crippen LogP contribution < -0.4 is 25.7 Å². The molecule has 0 radical (unpaired) electrons. The molecule has 2 N–H and O–H groups in total. The Morgan fingerprint density at radius 1 is 1.09 bits per heavy atom. The number of aromatic nitrogens is 2. The van der Waals surface area contributed by atoms with E-state index in [1.54, 1.807) is 33.3 Å². The summed E-state index contributed by atoms with van der Waals surface area (Å²) in [5.41, 5.74) is 1.49. The summed E-state index contributed by atoms with van der Waals surface area (Å²) < 4.78 is 25.2. The summed E-state index contributed by atoms with van der Waals surface area (Å²) in [5.74, 6) is 0.632. The van der Waals surface area contributed by atoms with Gasteiger partial charge >= 0.3 is 0 Å². The van der Waals surface area contributed by atoms with E-state index in [-0.39, 0.29) is 24.0 Å². The molecule has 0 aliphatic heterocycles. The van der Waals surface area contributed by atoms with Gasteiger partial charge in [-0.1, -0.05) is 12.1 Å². The number of amides is 1. The quantitative estimate of drug-likeness (QED) is 0.531. The largest absolute Gasteiger partial charge is 0.493 e. The van der Waals surface area contributed by atoms with E-state index in [0.29, 0.717) is 35.8 Å². The number of hydrogen-bond donors (Lipinski definition) is 2. The van der Waals surface area contributed by atoms with Crippen molar-refractivity contribution in [1.29, 1.82) is 0 Å². The van der Waals surface area contributed by atoms with Gasteiger partial charge in [-0.25, -0.2) is 9.37 Å². The summed E-state index contributed by atoms with van der Waals surface area (Å²) in [5, 5.41) is 5.71. The number of benzene rings is 2. The number of anilines is 2. The molecule has 168 valence electrons. The minimum absolute atomic E-state index is 0.163. The van der Waals surface area contributed by atoms with Crippen LogP contribution in [0.1, 0.15) is 11.3 Å². The number of nitrogens with zero attached hydrogens (tertiary/aromatic N) is 2. The molecular weight excluding hydrogens is 415 g/mol. The predicted octanol–water partition coefficient (Wildman–Crippen LogP) is 2.81. The number of carbonyl (C=O) groups is 1. The van der Waals surface area contributed by atoms with Crippen molar-refractivity contribution in [3.05, 3.63) is 76.0 Å². The van der Waals surface area contributed by atoms with Crippen molar-refractivity contribution in [2.75, 3.05) is 26.1 Å². The smallest absolute Gasteiger partial charge is 0.255 e. The highest BCUT2D eigenvalue weighted by Gasteiger charge is 2.12. The van der Waals surface area contributed by atoms with Crippen LogP contribution in [0.3, 0.4) is 0 Å². The predicted molar refractivity (Wildman–Crippen MR) is 119 cm³/mol. The second-order valence-electron chi connectivity index (χ2n) is 7.07. The molecule has 0 fully saturated rings. The Labute approximate surface area is 185 Å². The molecule has 8 nitrogen and oxygen atoms in total. The summed E-state index contributed by atoms with van der Waals surface area (Å²) in [6.07, 6.45) is 0.571. The molecule has 2 aromatic carbocycles. The molecule has 1 amide bonds. The monoisotopic (exact) mass is 440 g/mol. The average Bonchev–Trinajstić information content (AvgIpc) is 2.76. The number of rotatable bonds is 9. The summed E-state index contributed by atoms with van der Waals surface area (Å²) >= 11 is 0. The van der Waals surface area contributed by atoms with Crippen molar-refractivity contribution < 1.29 is 18.7 Å². The van der Waals surface area contributed by atoms with Gasteiger partial charge in [0.25, 0.3) is 5.56 Å². The van der Waals surface area contributed by atoms with Crippen molar-refractivity contribution in [1.82, 2.24) is 14.9 Å². The first kappa shape index (κ1) is 22.8. The van der Waals surface area contributed by atoms with Gasteiger partial charge in [-0.2, -0.15) is 0 Å². The third-order valence-corrected chi connectivity index (χ3v) is 4.70. The fourth-order valence-electron chi connectivity index (χ4n) is 3.15. The third-order valence-electron chi connectivity index (χ3n) is 4.70. The van der Waals surface area contributed by atoms with Gasteiger partial charge in [0, 0.05) is 24.0 Å². The summed E-state index contributed by atoms with van der Waals surface area (Å²) in [7, 11) is 3.13. The van der Waals surface area contributed by atoms with Crippen LogP contribution in [-0.4, -0.2) is 36.2 Å². The van der Waals surface area contributed by atoms with Gasteiger partial charge in [-0.15, -0.1) is 0 Å². The standard InChI is InChI=1S/C23H25FN4O4/c1-15-11-22(30)28(23(26-15)27-18-6-4-5-17(24)13-18)14-21(29)25-10-9-16-7-8-19(31-2)20(12-16)32-3/h4-8,11-13H,9-10,14H2,1-3H3,(H,25,29)(H,26,27). The molecule has 3 rings (SSSR count). The number of aryl methyl sites for hydroxylation is 1. The summed E-state index contributed by atoms with van der Waals surface area (Å²) in [6.45, 7) is 1.82. The van der Waals surface area contributed by atoms with Crippen LogP contribution in [0, 0.1) is 12.7 Å². The van der Waals surface area contributed by atoms with E-state index >= 15 is 0 Å². The van der Waals surface area contributed by atoms with Crippen LogP contribution in [0.25, 0.3) is 0 Å². The SMILES string of the molecule is COc1ccc(CCNC(=O)Cn2c(Nc3cccc(F)c3)nc(C)cc2=O)cc1OC. The molecule has 0 spiro atoms. The maximum absolute atomic E-state index is 13.5. The van der Waals surface area contributed by atoms with Gasteiger partial charge in [-0.3, -0.25) is 14.2 Å². The molecule has 0 aliphatic rings. The number of halogens is 1. The first-order valence-electron chi connectivity index (χ1n) is 9.98. The van der Waals surface area contributed by atoms with Crippen molar-refractivity contribution in [3.8, 4) is 11.5 Å². The van der Waals surface area contributed by atoms with Gasteiger partial charge in [0.1, 0.15) is 12.4 Å². The molecule has 1 aromatic heterocycles. The first-order chi connectivity index (χ1) is 15.4. The Kier molecular flexibility index (Phi) is 7.43. The third kappa shape index (κ3) is 5.84. The lowest BCUT2D eigenvalue weighted by Gasteiger charge is -2.14. The van der Waals surface area contributed by atoms with Crippen molar-refractivity contribution in [3.63, 3.8) is 0 Å². The minimum Gasteiger partial charge on any atom is -0.493 e. The minimum atomic E-state index is -0.426. The fraction of sp³-hybridized carbons (Fsp3) is 0.261. The van der Waals surface area contributed by atoms with E-state index in [1.807, 2.05) is 12.1 Å². The number of methoxy groups -OCH3 is 2. The maximum atomic E-state index is 13.5. The normalized spacial score (nSPS) is 10.5. The van der Waals surface area contributed by atoms with E-state index in [4.69, 9.17) is 9.47 Å². The maximum Gasteiger partial charge on any atom is 0.255 e. The van der Waals surface area contributed by atoms with Crippen molar-refractivity contribution in [2.45, 2.75) is 19.9 Å². The molecule has 32 heavy (non-hydrogen) atoms. The molecule has 0 atom stereocenters. The molecule has 9 heteroatoms. The zero-order chi connectivity index (χ0) is 23.1. The molecule has 3 aromatic rings. The van der Waals surface area contributed by atoms with E-state index in [2.05, 4.69) is 15.6 Å². The Bertz CT molecular complexity index is 1160. The van der Waals surface area contributed by atoms with Crippen LogP contribution in [0.4, 0.5) is 16.0 Å². The highest BCUT2D eigenvalue weighted by molar-refractivity contribution is 5.76. The fourth-order valence-corrected chi connectivity index (χ4v) is 3.15. The lowest BCUT2D eigenvalue weighted by molar-refractivity contribution is -0.121. The Hall–Kier alpha value is -3.88. The first-order valence-corrected chi connectivity index (χ1v) is 9.98. The van der Waals surface area contributed by atoms with Crippen LogP contribution >= 0.6 is 0 Å². The second-order valence-corrected chi connectivity index (χ2v) is 7.07. The molecule has 0 saturated carbocycles. The highest BCUT2D eigenvalue weighted by Crippen LogP contribution is 2.27. The van der Waals surface area contributed by atoms with Gasteiger partial charge < -0.3 is 20.1 Å². The van der Waals surface area contributed by atoms with E-state index in [0.717, 1.165) is 5.56 Å². The van der Waals surface area contributed by atoms with Crippen LogP contribution in [0.5, 0.6) is 11.5 Å². The Balaban J connectivity index is 1.66. The molecule has 0 saturated heterocycles. The lowest BCUT2D eigenvalue weighted by atomic mass is 10.1. The van der Waals surface area contributed by atoms with Gasteiger partial charge in [-0.05, 0) is 49.2 Å². The average molecular weight is 440 g/mol. The van der Waals surface area contributed by atoms with Crippen LogP contribution in [0.2, 0.25) is 0 Å². The summed E-state index contributed by atoms with van der Waals surface area (Å²) in [4.78, 5) is 29.3. The number of ether oxygens (including phenoxy) is 2. The topological polar surface area (TPSA) is 94.5 Å². The van der Waals surface area contributed by atoms with Gasteiger partial charge in [0.2, 0.25) is 11.9 Å². The molecular formula is C23H25FN4O4. The number of carbonyl (C=O) groups excluding carboxylic acids is 1. The Morgan fingerprint density at radius 3 is 2.59 bits per heavy atom.